The highest BCUT2D eigenvalue weighted by Gasteiger charge is 2.12. The number of aliphatic hydroxyl groups is 1. The van der Waals surface area contributed by atoms with Crippen molar-refractivity contribution in [1.29, 1.82) is 0 Å². The second-order valence-corrected chi connectivity index (χ2v) is 2.00. The fourth-order valence-corrected chi connectivity index (χ4v) is 0.683. The molecule has 0 spiro atoms. The zero-order chi connectivity index (χ0) is 5.98. The first-order valence-corrected chi connectivity index (χ1v) is 2.74. The van der Waals surface area contributed by atoms with Crippen molar-refractivity contribution in [3.8, 4) is 0 Å². The van der Waals surface area contributed by atoms with E-state index in [1.165, 1.54) is 0 Å². The molecule has 0 aliphatic carbocycles. The third kappa shape index (κ3) is 1.08. The molecule has 46 valence electrons. The summed E-state index contributed by atoms with van der Waals surface area (Å²) in [7, 11) is 0. The van der Waals surface area contributed by atoms with Crippen LogP contribution in [-0.2, 0) is 4.74 Å². The van der Waals surface area contributed by atoms with Gasteiger partial charge in [0.05, 0.1) is 19.3 Å². The molecule has 1 aliphatic heterocycles. The lowest BCUT2D eigenvalue weighted by Gasteiger charge is -2.19. The molecule has 1 unspecified atom stereocenters. The van der Waals surface area contributed by atoms with Crippen LogP contribution in [-0.4, -0.2) is 24.4 Å². The van der Waals surface area contributed by atoms with Crippen LogP contribution in [0.5, 0.6) is 0 Å². The molecule has 1 N–H and O–H groups in total. The maximum atomic E-state index is 8.95. The average molecular weight is 114 g/mol. The fraction of sp³-hybridized carbons (Fsp3) is 0.667. The molecule has 0 bridgehead atoms. The lowest BCUT2D eigenvalue weighted by Crippen LogP contribution is -2.23. The van der Waals surface area contributed by atoms with Gasteiger partial charge in [-0.1, -0.05) is 6.58 Å². The molecule has 1 fully saturated rings. The lowest BCUT2D eigenvalue weighted by atomic mass is 10.1. The molecule has 2 nitrogen and oxygen atoms in total. The molecular formula is C6H10O2. The van der Waals surface area contributed by atoms with Crippen molar-refractivity contribution in [1.82, 2.24) is 0 Å². The monoisotopic (exact) mass is 114 g/mol. The highest BCUT2D eigenvalue weighted by atomic mass is 16.5. The maximum absolute atomic E-state index is 8.95. The van der Waals surface area contributed by atoms with Crippen LogP contribution >= 0.6 is 0 Å². The number of rotatable bonds is 0. The molecule has 1 atom stereocenters. The van der Waals surface area contributed by atoms with Gasteiger partial charge in [-0.05, 0) is 12.0 Å². The highest BCUT2D eigenvalue weighted by Crippen LogP contribution is 2.10. The van der Waals surface area contributed by atoms with Crippen LogP contribution in [0.25, 0.3) is 0 Å². The Morgan fingerprint density at radius 3 is 2.88 bits per heavy atom. The number of hydrogen-bond donors (Lipinski definition) is 1. The van der Waals surface area contributed by atoms with E-state index in [0.29, 0.717) is 6.61 Å². The highest BCUT2D eigenvalue weighted by molar-refractivity contribution is 5.03. The lowest BCUT2D eigenvalue weighted by molar-refractivity contribution is 0.0280. The minimum absolute atomic E-state index is 0.413. The van der Waals surface area contributed by atoms with E-state index in [9.17, 15) is 0 Å². The van der Waals surface area contributed by atoms with Gasteiger partial charge in [0.25, 0.3) is 0 Å². The Morgan fingerprint density at radius 1 is 1.75 bits per heavy atom. The van der Waals surface area contributed by atoms with Gasteiger partial charge in [0, 0.05) is 0 Å². The van der Waals surface area contributed by atoms with Crippen molar-refractivity contribution in [2.75, 3.05) is 13.2 Å². The van der Waals surface area contributed by atoms with E-state index in [1.807, 2.05) is 0 Å². The van der Waals surface area contributed by atoms with E-state index in [1.54, 1.807) is 0 Å². The molecule has 0 aromatic carbocycles. The quantitative estimate of drug-likeness (QED) is 0.460. The molecule has 0 aromatic rings. The normalized spacial score (nSPS) is 30.6. The largest absolute Gasteiger partial charge is 0.386 e. The number of hydrogen-bond acceptors (Lipinski definition) is 2. The van der Waals surface area contributed by atoms with Crippen molar-refractivity contribution in [3.63, 3.8) is 0 Å². The standard InChI is InChI=1S/C6H10O2/c1-5-2-3-8-4-6(5)7/h6-7H,1-4H2. The molecule has 1 saturated heterocycles. The van der Waals surface area contributed by atoms with E-state index >= 15 is 0 Å². The Kier molecular flexibility index (Phi) is 1.65. The zero-order valence-electron chi connectivity index (χ0n) is 4.76. The Hall–Kier alpha value is -0.340. The second kappa shape index (κ2) is 2.29. The summed E-state index contributed by atoms with van der Waals surface area (Å²) in [6.07, 6.45) is 0.394. The Labute approximate surface area is 48.8 Å². The second-order valence-electron chi connectivity index (χ2n) is 2.00. The van der Waals surface area contributed by atoms with Gasteiger partial charge in [-0.25, -0.2) is 0 Å². The summed E-state index contributed by atoms with van der Waals surface area (Å²) in [5, 5.41) is 8.95. The van der Waals surface area contributed by atoms with Gasteiger partial charge in [0.2, 0.25) is 0 Å². The Morgan fingerprint density at radius 2 is 2.50 bits per heavy atom. The first-order valence-electron chi connectivity index (χ1n) is 2.74. The molecule has 0 amide bonds. The minimum atomic E-state index is -0.413. The summed E-state index contributed by atoms with van der Waals surface area (Å²) in [5.74, 6) is 0. The van der Waals surface area contributed by atoms with Crippen LogP contribution < -0.4 is 0 Å². The van der Waals surface area contributed by atoms with Crippen molar-refractivity contribution in [2.45, 2.75) is 12.5 Å². The van der Waals surface area contributed by atoms with Crippen LogP contribution in [0.15, 0.2) is 12.2 Å². The van der Waals surface area contributed by atoms with Gasteiger partial charge in [-0.3, -0.25) is 0 Å². The third-order valence-corrected chi connectivity index (χ3v) is 1.31. The van der Waals surface area contributed by atoms with E-state index in [0.717, 1.165) is 18.6 Å². The van der Waals surface area contributed by atoms with Crippen LogP contribution in [0, 0.1) is 0 Å². The predicted molar refractivity (Wildman–Crippen MR) is 30.6 cm³/mol. The van der Waals surface area contributed by atoms with Crippen molar-refractivity contribution in [3.05, 3.63) is 12.2 Å². The van der Waals surface area contributed by atoms with Crippen LogP contribution in [0.4, 0.5) is 0 Å². The topological polar surface area (TPSA) is 29.5 Å². The summed E-state index contributed by atoms with van der Waals surface area (Å²) >= 11 is 0. The van der Waals surface area contributed by atoms with Crippen molar-refractivity contribution < 1.29 is 9.84 Å². The van der Waals surface area contributed by atoms with Gasteiger partial charge in [0.1, 0.15) is 0 Å². The number of ether oxygens (including phenoxy) is 1. The van der Waals surface area contributed by atoms with Crippen LogP contribution in [0.2, 0.25) is 0 Å². The molecule has 0 saturated carbocycles. The number of aliphatic hydroxyl groups excluding tert-OH is 1. The summed E-state index contributed by atoms with van der Waals surface area (Å²) in [6.45, 7) is 4.81. The Bertz CT molecular complexity index is 98.7. The van der Waals surface area contributed by atoms with E-state index < -0.39 is 6.10 Å². The van der Waals surface area contributed by atoms with Gasteiger partial charge in [-0.2, -0.15) is 0 Å². The summed E-state index contributed by atoms with van der Waals surface area (Å²) in [4.78, 5) is 0. The average Bonchev–Trinajstić information content (AvgIpc) is 1.77. The third-order valence-electron chi connectivity index (χ3n) is 1.31. The SMILES string of the molecule is C=C1CCOCC1O. The molecule has 1 heterocycles. The Balaban J connectivity index is 2.39. The summed E-state index contributed by atoms with van der Waals surface area (Å²) in [5.41, 5.74) is 0.899. The molecule has 2 heteroatoms. The van der Waals surface area contributed by atoms with Gasteiger partial charge in [0.15, 0.2) is 0 Å². The molecule has 1 rings (SSSR count). The first kappa shape index (κ1) is 5.79. The molecule has 1 aliphatic rings. The summed E-state index contributed by atoms with van der Waals surface area (Å²) < 4.78 is 4.94. The van der Waals surface area contributed by atoms with Crippen LogP contribution in [0.1, 0.15) is 6.42 Å². The van der Waals surface area contributed by atoms with E-state index in [2.05, 4.69) is 6.58 Å². The maximum Gasteiger partial charge on any atom is 0.0981 e. The first-order chi connectivity index (χ1) is 3.80. The van der Waals surface area contributed by atoms with Crippen molar-refractivity contribution >= 4 is 0 Å². The molecule has 0 aromatic heterocycles. The predicted octanol–water partition coefficient (Wildman–Crippen LogP) is 0.324. The fourth-order valence-electron chi connectivity index (χ4n) is 0.683. The van der Waals surface area contributed by atoms with Gasteiger partial charge >= 0.3 is 0 Å². The molecule has 8 heavy (non-hydrogen) atoms. The molecular weight excluding hydrogens is 104 g/mol. The zero-order valence-corrected chi connectivity index (χ0v) is 4.76. The minimum Gasteiger partial charge on any atom is -0.386 e. The van der Waals surface area contributed by atoms with Gasteiger partial charge < -0.3 is 9.84 Å². The van der Waals surface area contributed by atoms with E-state index in [-0.39, 0.29) is 0 Å². The smallest absolute Gasteiger partial charge is 0.0981 e. The van der Waals surface area contributed by atoms with Crippen LogP contribution in [0.3, 0.4) is 0 Å². The van der Waals surface area contributed by atoms with Crippen molar-refractivity contribution in [2.24, 2.45) is 0 Å². The van der Waals surface area contributed by atoms with Gasteiger partial charge in [-0.15, -0.1) is 0 Å². The van der Waals surface area contributed by atoms with E-state index in [4.69, 9.17) is 9.84 Å². The molecule has 0 radical (unpaired) electrons. The summed E-state index contributed by atoms with van der Waals surface area (Å²) in [6, 6.07) is 0.